The molecule has 1 saturated heterocycles. The van der Waals surface area contributed by atoms with E-state index in [2.05, 4.69) is 10.8 Å². The summed E-state index contributed by atoms with van der Waals surface area (Å²) in [7, 11) is 0. The molecule has 76 valence electrons. The lowest BCUT2D eigenvalue weighted by Gasteiger charge is -2.11. The van der Waals surface area contributed by atoms with Crippen LogP contribution in [-0.4, -0.2) is 25.1 Å². The first-order chi connectivity index (χ1) is 6.18. The fraction of sp³-hybridized carbons (Fsp3) is 0.889. The largest absolute Gasteiger partial charge is 0.314 e. The van der Waals surface area contributed by atoms with Gasteiger partial charge in [-0.15, -0.1) is 0 Å². The Kier molecular flexibility index (Phi) is 4.18. The van der Waals surface area contributed by atoms with Crippen molar-refractivity contribution in [2.75, 3.05) is 13.1 Å². The normalized spacial score (nSPS) is 22.2. The highest BCUT2D eigenvalue weighted by Crippen LogP contribution is 2.02. The molecule has 1 fully saturated rings. The van der Waals surface area contributed by atoms with E-state index in [-0.39, 0.29) is 12.0 Å². The van der Waals surface area contributed by atoms with Crippen LogP contribution in [0.5, 0.6) is 0 Å². The van der Waals surface area contributed by atoms with Gasteiger partial charge in [0.25, 0.3) is 0 Å². The summed E-state index contributed by atoms with van der Waals surface area (Å²) in [6.07, 6.45) is 1.65. The summed E-state index contributed by atoms with van der Waals surface area (Å²) in [5.74, 6) is 0.354. The Bertz CT molecular complexity index is 165. The minimum absolute atomic E-state index is 0.0260. The zero-order valence-electron chi connectivity index (χ0n) is 8.30. The van der Waals surface area contributed by atoms with E-state index in [0.717, 1.165) is 19.5 Å². The molecule has 0 spiro atoms. The second-order valence-corrected chi connectivity index (χ2v) is 3.86. The molecule has 1 amide bonds. The van der Waals surface area contributed by atoms with Crippen LogP contribution in [-0.2, 0) is 9.63 Å². The Balaban J connectivity index is 2.07. The van der Waals surface area contributed by atoms with Crippen molar-refractivity contribution in [3.63, 3.8) is 0 Å². The third-order valence-electron chi connectivity index (χ3n) is 1.95. The van der Waals surface area contributed by atoms with Crippen LogP contribution in [0.2, 0.25) is 0 Å². The fourth-order valence-electron chi connectivity index (χ4n) is 1.29. The molecule has 1 rings (SSSR count). The SMILES string of the molecule is CC(C)CC(=O)NOC1CCNC1. The number of hydrogen-bond donors (Lipinski definition) is 2. The zero-order valence-corrected chi connectivity index (χ0v) is 8.30. The number of amides is 1. The van der Waals surface area contributed by atoms with Gasteiger partial charge < -0.3 is 5.32 Å². The maximum Gasteiger partial charge on any atom is 0.243 e. The summed E-state index contributed by atoms with van der Waals surface area (Å²) in [4.78, 5) is 16.4. The summed E-state index contributed by atoms with van der Waals surface area (Å²) in [5.41, 5.74) is 2.48. The summed E-state index contributed by atoms with van der Waals surface area (Å²) >= 11 is 0. The van der Waals surface area contributed by atoms with E-state index in [1.807, 2.05) is 13.8 Å². The topological polar surface area (TPSA) is 50.4 Å². The zero-order chi connectivity index (χ0) is 9.68. The highest BCUT2D eigenvalue weighted by molar-refractivity contribution is 5.74. The molecule has 0 saturated carbocycles. The van der Waals surface area contributed by atoms with Crippen molar-refractivity contribution < 1.29 is 9.63 Å². The molecule has 0 aromatic rings. The van der Waals surface area contributed by atoms with Gasteiger partial charge in [0.15, 0.2) is 0 Å². The third kappa shape index (κ3) is 4.24. The van der Waals surface area contributed by atoms with Crippen LogP contribution in [0.25, 0.3) is 0 Å². The molecule has 1 atom stereocenters. The average molecular weight is 186 g/mol. The Morgan fingerprint density at radius 2 is 2.46 bits per heavy atom. The highest BCUT2D eigenvalue weighted by Gasteiger charge is 2.16. The van der Waals surface area contributed by atoms with Crippen LogP contribution < -0.4 is 10.8 Å². The summed E-state index contributed by atoms with van der Waals surface area (Å²) < 4.78 is 0. The molecule has 1 aliphatic rings. The quantitative estimate of drug-likeness (QED) is 0.626. The second-order valence-electron chi connectivity index (χ2n) is 3.86. The van der Waals surface area contributed by atoms with Gasteiger partial charge in [-0.2, -0.15) is 0 Å². The Morgan fingerprint density at radius 3 is 3.00 bits per heavy atom. The average Bonchev–Trinajstić information content (AvgIpc) is 2.51. The number of hydroxylamine groups is 1. The number of hydrogen-bond acceptors (Lipinski definition) is 3. The van der Waals surface area contributed by atoms with Crippen molar-refractivity contribution in [1.82, 2.24) is 10.8 Å². The highest BCUT2D eigenvalue weighted by atomic mass is 16.7. The van der Waals surface area contributed by atoms with Gasteiger partial charge in [-0.3, -0.25) is 9.63 Å². The van der Waals surface area contributed by atoms with Crippen LogP contribution >= 0.6 is 0 Å². The van der Waals surface area contributed by atoms with Gasteiger partial charge in [0.1, 0.15) is 0 Å². The van der Waals surface area contributed by atoms with Gasteiger partial charge >= 0.3 is 0 Å². The maximum absolute atomic E-state index is 11.2. The Morgan fingerprint density at radius 1 is 1.69 bits per heavy atom. The minimum atomic E-state index is -0.0260. The van der Waals surface area contributed by atoms with Gasteiger partial charge in [0, 0.05) is 13.0 Å². The summed E-state index contributed by atoms with van der Waals surface area (Å²) in [5, 5.41) is 3.16. The van der Waals surface area contributed by atoms with E-state index in [9.17, 15) is 4.79 Å². The van der Waals surface area contributed by atoms with Crippen molar-refractivity contribution in [1.29, 1.82) is 0 Å². The number of carbonyl (C=O) groups excluding carboxylic acids is 1. The number of rotatable bonds is 4. The van der Waals surface area contributed by atoms with Gasteiger partial charge in [0.2, 0.25) is 5.91 Å². The third-order valence-corrected chi connectivity index (χ3v) is 1.95. The molecule has 0 aliphatic carbocycles. The molecule has 1 aliphatic heterocycles. The van der Waals surface area contributed by atoms with Gasteiger partial charge in [-0.1, -0.05) is 13.8 Å². The number of carbonyl (C=O) groups is 1. The lowest BCUT2D eigenvalue weighted by molar-refractivity contribution is -0.138. The molecule has 0 aromatic carbocycles. The van der Waals surface area contributed by atoms with E-state index in [1.165, 1.54) is 0 Å². The van der Waals surface area contributed by atoms with Crippen molar-refractivity contribution in [2.45, 2.75) is 32.8 Å². The van der Waals surface area contributed by atoms with E-state index in [1.54, 1.807) is 0 Å². The van der Waals surface area contributed by atoms with Crippen molar-refractivity contribution >= 4 is 5.91 Å². The standard InChI is InChI=1S/C9H18N2O2/c1-7(2)5-9(12)11-13-8-3-4-10-6-8/h7-8,10H,3-6H2,1-2H3,(H,11,12). The Hall–Kier alpha value is -0.610. The molecular formula is C9H18N2O2. The second kappa shape index (κ2) is 5.19. The van der Waals surface area contributed by atoms with Gasteiger partial charge in [-0.25, -0.2) is 5.48 Å². The van der Waals surface area contributed by atoms with Crippen LogP contribution in [0.1, 0.15) is 26.7 Å². The van der Waals surface area contributed by atoms with Crippen molar-refractivity contribution in [3.8, 4) is 0 Å². The van der Waals surface area contributed by atoms with Gasteiger partial charge in [0.05, 0.1) is 6.10 Å². The maximum atomic E-state index is 11.2. The van der Waals surface area contributed by atoms with Crippen LogP contribution in [0.3, 0.4) is 0 Å². The molecule has 0 radical (unpaired) electrons. The first-order valence-electron chi connectivity index (χ1n) is 4.83. The molecule has 4 heteroatoms. The van der Waals surface area contributed by atoms with E-state index < -0.39 is 0 Å². The Labute approximate surface area is 79.0 Å². The van der Waals surface area contributed by atoms with E-state index in [4.69, 9.17) is 4.84 Å². The van der Waals surface area contributed by atoms with Crippen molar-refractivity contribution in [2.24, 2.45) is 5.92 Å². The predicted molar refractivity (Wildman–Crippen MR) is 50.0 cm³/mol. The molecular weight excluding hydrogens is 168 g/mol. The summed E-state index contributed by atoms with van der Waals surface area (Å²) in [6, 6.07) is 0. The molecule has 1 unspecified atom stereocenters. The van der Waals surface area contributed by atoms with E-state index >= 15 is 0 Å². The minimum Gasteiger partial charge on any atom is -0.314 e. The number of nitrogens with one attached hydrogen (secondary N) is 2. The monoisotopic (exact) mass is 186 g/mol. The van der Waals surface area contributed by atoms with Crippen LogP contribution in [0.4, 0.5) is 0 Å². The molecule has 0 bridgehead atoms. The van der Waals surface area contributed by atoms with Crippen LogP contribution in [0.15, 0.2) is 0 Å². The fourth-order valence-corrected chi connectivity index (χ4v) is 1.29. The molecule has 2 N–H and O–H groups in total. The van der Waals surface area contributed by atoms with Crippen molar-refractivity contribution in [3.05, 3.63) is 0 Å². The first kappa shape index (κ1) is 10.5. The van der Waals surface area contributed by atoms with E-state index in [0.29, 0.717) is 12.3 Å². The van der Waals surface area contributed by atoms with Gasteiger partial charge in [-0.05, 0) is 18.9 Å². The smallest absolute Gasteiger partial charge is 0.243 e. The van der Waals surface area contributed by atoms with Crippen LogP contribution in [0, 0.1) is 5.92 Å². The molecule has 0 aromatic heterocycles. The lowest BCUT2D eigenvalue weighted by atomic mass is 10.1. The molecule has 4 nitrogen and oxygen atoms in total. The summed E-state index contributed by atoms with van der Waals surface area (Å²) in [6.45, 7) is 5.83. The molecule has 1 heterocycles. The predicted octanol–water partition coefficient (Wildman–Crippen LogP) is 0.442. The lowest BCUT2D eigenvalue weighted by Crippen LogP contribution is -2.31. The first-order valence-corrected chi connectivity index (χ1v) is 4.83. The molecule has 13 heavy (non-hydrogen) atoms.